The molecule has 3 N–H and O–H groups in total. The van der Waals surface area contributed by atoms with Gasteiger partial charge in [-0.1, -0.05) is 53.7 Å². The molecule has 0 saturated carbocycles. The maximum atomic E-state index is 13.6. The number of nitrogens with one attached hydrogen (secondary N) is 1. The minimum atomic E-state index is -0.265. The van der Waals surface area contributed by atoms with Gasteiger partial charge in [-0.3, -0.25) is 4.79 Å². The maximum Gasteiger partial charge on any atom is 0.193 e. The standard InChI is InChI=1S/C29H27N3O3/c1-3-32-27-13-11-20(26(31-35)15-18(2)30-34)16-24(27)25-17-21(12-14-28(25)32)29(33)23-10-6-8-19-7-4-5-9-22(19)23/h4-14,16-18,30,34-35H,3,15H2,1-2H3/b31-26-. The third kappa shape index (κ3) is 3.97. The number of hydrogen-bond acceptors (Lipinski definition) is 5. The Morgan fingerprint density at radius 3 is 2.26 bits per heavy atom. The van der Waals surface area contributed by atoms with E-state index < -0.39 is 0 Å². The number of hydroxylamine groups is 1. The number of aromatic nitrogens is 1. The van der Waals surface area contributed by atoms with E-state index in [1.54, 1.807) is 6.92 Å². The first-order valence-electron chi connectivity index (χ1n) is 11.7. The van der Waals surface area contributed by atoms with Gasteiger partial charge in [-0.15, -0.1) is 0 Å². The van der Waals surface area contributed by atoms with E-state index in [0.29, 0.717) is 23.3 Å². The lowest BCUT2D eigenvalue weighted by Gasteiger charge is -2.11. The van der Waals surface area contributed by atoms with Crippen molar-refractivity contribution in [1.82, 2.24) is 10.0 Å². The fourth-order valence-electron chi connectivity index (χ4n) is 4.90. The molecule has 0 aliphatic heterocycles. The summed E-state index contributed by atoms with van der Waals surface area (Å²) in [5.41, 5.74) is 6.84. The van der Waals surface area contributed by atoms with E-state index in [4.69, 9.17) is 0 Å². The van der Waals surface area contributed by atoms with Crippen LogP contribution in [0.15, 0.2) is 84.0 Å². The monoisotopic (exact) mass is 465 g/mol. The highest BCUT2D eigenvalue weighted by Gasteiger charge is 2.18. The highest BCUT2D eigenvalue weighted by Crippen LogP contribution is 2.32. The van der Waals surface area contributed by atoms with E-state index in [1.165, 1.54) is 0 Å². The first-order valence-corrected chi connectivity index (χ1v) is 11.7. The van der Waals surface area contributed by atoms with Gasteiger partial charge >= 0.3 is 0 Å². The van der Waals surface area contributed by atoms with Crippen LogP contribution in [0.5, 0.6) is 0 Å². The van der Waals surface area contributed by atoms with Gasteiger partial charge in [-0.25, -0.2) is 5.48 Å². The van der Waals surface area contributed by atoms with Gasteiger partial charge < -0.3 is 15.0 Å². The summed E-state index contributed by atoms with van der Waals surface area (Å²) >= 11 is 0. The van der Waals surface area contributed by atoms with Crippen LogP contribution >= 0.6 is 0 Å². The lowest BCUT2D eigenvalue weighted by Crippen LogP contribution is -2.25. The van der Waals surface area contributed by atoms with Crippen LogP contribution in [-0.4, -0.2) is 32.5 Å². The minimum Gasteiger partial charge on any atom is -0.411 e. The van der Waals surface area contributed by atoms with Crippen LogP contribution in [0, 0.1) is 0 Å². The zero-order valence-corrected chi connectivity index (χ0v) is 19.7. The molecule has 1 aromatic heterocycles. The summed E-state index contributed by atoms with van der Waals surface area (Å²) in [5, 5.41) is 26.2. The van der Waals surface area contributed by atoms with Crippen molar-refractivity contribution < 1.29 is 15.2 Å². The number of aryl methyl sites for hydroxylation is 1. The number of ketones is 1. The number of hydrogen-bond donors (Lipinski definition) is 3. The molecule has 0 fully saturated rings. The van der Waals surface area contributed by atoms with Gasteiger partial charge in [0, 0.05) is 57.5 Å². The largest absolute Gasteiger partial charge is 0.411 e. The topological polar surface area (TPSA) is 86.9 Å². The maximum absolute atomic E-state index is 13.6. The number of benzene rings is 4. The lowest BCUT2D eigenvalue weighted by molar-refractivity contribution is 0.104. The molecule has 0 radical (unpaired) electrons. The van der Waals surface area contributed by atoms with E-state index in [2.05, 4.69) is 22.1 Å². The molecule has 6 heteroatoms. The molecule has 176 valence electrons. The number of fused-ring (bicyclic) bond motifs is 4. The zero-order valence-electron chi connectivity index (χ0n) is 19.7. The zero-order chi connectivity index (χ0) is 24.5. The van der Waals surface area contributed by atoms with Crippen molar-refractivity contribution in [1.29, 1.82) is 0 Å². The summed E-state index contributed by atoms with van der Waals surface area (Å²) in [4.78, 5) is 13.6. The molecule has 1 atom stereocenters. The Hall–Kier alpha value is -4.00. The molecule has 0 bridgehead atoms. The van der Waals surface area contributed by atoms with Crippen LogP contribution < -0.4 is 5.48 Å². The van der Waals surface area contributed by atoms with E-state index in [1.807, 2.05) is 78.9 Å². The third-order valence-corrected chi connectivity index (χ3v) is 6.65. The average molecular weight is 466 g/mol. The molecule has 0 spiro atoms. The molecular formula is C29H27N3O3. The Kier molecular flexibility index (Phi) is 6.07. The highest BCUT2D eigenvalue weighted by atomic mass is 16.5. The van der Waals surface area contributed by atoms with Crippen LogP contribution in [0.25, 0.3) is 32.6 Å². The Bertz CT molecular complexity index is 1590. The molecule has 6 nitrogen and oxygen atoms in total. The number of carbonyl (C=O) groups is 1. The molecule has 5 aromatic rings. The summed E-state index contributed by atoms with van der Waals surface area (Å²) in [6.07, 6.45) is 0.357. The molecule has 0 amide bonds. The summed E-state index contributed by atoms with van der Waals surface area (Å²) < 4.78 is 2.22. The second-order valence-corrected chi connectivity index (χ2v) is 8.84. The number of carbonyl (C=O) groups excluding carboxylic acids is 1. The SMILES string of the molecule is CCn1c2ccc(C(=O)c3cccc4ccccc34)cc2c2cc(/C(CC(C)NO)=N\O)ccc21. The quantitative estimate of drug-likeness (QED) is 0.117. The van der Waals surface area contributed by atoms with E-state index in [-0.39, 0.29) is 11.8 Å². The van der Waals surface area contributed by atoms with Crippen molar-refractivity contribution in [3.8, 4) is 0 Å². The first kappa shape index (κ1) is 22.8. The van der Waals surface area contributed by atoms with Crippen molar-refractivity contribution in [2.75, 3.05) is 0 Å². The Balaban J connectivity index is 1.66. The molecule has 4 aromatic carbocycles. The van der Waals surface area contributed by atoms with Crippen LogP contribution in [0.2, 0.25) is 0 Å². The summed E-state index contributed by atoms with van der Waals surface area (Å²) in [7, 11) is 0. The summed E-state index contributed by atoms with van der Waals surface area (Å²) in [6, 6.07) is 25.3. The molecule has 0 aliphatic rings. The van der Waals surface area contributed by atoms with E-state index in [9.17, 15) is 15.2 Å². The van der Waals surface area contributed by atoms with Gasteiger partial charge in [0.2, 0.25) is 0 Å². The fourth-order valence-corrected chi connectivity index (χ4v) is 4.90. The van der Waals surface area contributed by atoms with Gasteiger partial charge in [-0.05, 0) is 55.0 Å². The molecular weight excluding hydrogens is 438 g/mol. The van der Waals surface area contributed by atoms with Crippen molar-refractivity contribution in [2.45, 2.75) is 32.9 Å². The number of rotatable bonds is 7. The van der Waals surface area contributed by atoms with Gasteiger partial charge in [0.15, 0.2) is 5.78 Å². The summed E-state index contributed by atoms with van der Waals surface area (Å²) in [5.74, 6) is -0.0160. The van der Waals surface area contributed by atoms with Gasteiger partial charge in [0.05, 0.1) is 5.71 Å². The van der Waals surface area contributed by atoms with Crippen molar-refractivity contribution in [2.24, 2.45) is 5.16 Å². The van der Waals surface area contributed by atoms with Crippen LogP contribution in [-0.2, 0) is 6.54 Å². The molecule has 0 aliphatic carbocycles. The second kappa shape index (κ2) is 9.33. The number of nitrogens with zero attached hydrogens (tertiary/aromatic N) is 2. The molecule has 35 heavy (non-hydrogen) atoms. The molecule has 0 saturated heterocycles. The van der Waals surface area contributed by atoms with E-state index in [0.717, 1.165) is 44.7 Å². The van der Waals surface area contributed by atoms with Crippen LogP contribution in [0.1, 0.15) is 41.8 Å². The normalized spacial score (nSPS) is 13.1. The van der Waals surface area contributed by atoms with Gasteiger partial charge in [0.1, 0.15) is 0 Å². The smallest absolute Gasteiger partial charge is 0.193 e. The third-order valence-electron chi connectivity index (χ3n) is 6.65. The van der Waals surface area contributed by atoms with E-state index >= 15 is 0 Å². The molecule has 1 heterocycles. The van der Waals surface area contributed by atoms with Gasteiger partial charge in [0.25, 0.3) is 0 Å². The summed E-state index contributed by atoms with van der Waals surface area (Å²) in [6.45, 7) is 4.68. The Morgan fingerprint density at radius 1 is 0.914 bits per heavy atom. The second-order valence-electron chi connectivity index (χ2n) is 8.84. The Morgan fingerprint density at radius 2 is 1.57 bits per heavy atom. The average Bonchev–Trinajstić information content (AvgIpc) is 3.22. The van der Waals surface area contributed by atoms with Gasteiger partial charge in [-0.2, -0.15) is 0 Å². The number of oxime groups is 1. The highest BCUT2D eigenvalue weighted by molar-refractivity contribution is 6.19. The lowest BCUT2D eigenvalue weighted by atomic mass is 9.96. The molecule has 5 rings (SSSR count). The van der Waals surface area contributed by atoms with Crippen molar-refractivity contribution in [3.63, 3.8) is 0 Å². The molecule has 1 unspecified atom stereocenters. The fraction of sp³-hybridized carbons (Fsp3) is 0.172. The van der Waals surface area contributed by atoms with Crippen molar-refractivity contribution >= 4 is 44.1 Å². The predicted octanol–water partition coefficient (Wildman–Crippen LogP) is 6.13. The van der Waals surface area contributed by atoms with Crippen LogP contribution in [0.4, 0.5) is 0 Å². The van der Waals surface area contributed by atoms with Crippen LogP contribution in [0.3, 0.4) is 0 Å². The predicted molar refractivity (Wildman–Crippen MR) is 140 cm³/mol. The first-order chi connectivity index (χ1) is 17.0. The Labute approximate surface area is 203 Å². The minimum absolute atomic E-state index is 0.0160. The van der Waals surface area contributed by atoms with Crippen molar-refractivity contribution in [3.05, 3.63) is 95.6 Å².